The minimum atomic E-state index is -2.76. The molecule has 4 aromatic rings. The topological polar surface area (TPSA) is 78.1 Å². The third kappa shape index (κ3) is 6.04. The van der Waals surface area contributed by atoms with E-state index in [9.17, 15) is 27.2 Å². The number of likely N-dealkylation sites (N-methyl/N-ethyl adjacent to an activating group) is 1. The van der Waals surface area contributed by atoms with Gasteiger partial charge in [0.1, 0.15) is 17.5 Å². The molecule has 1 saturated carbocycles. The highest BCUT2D eigenvalue weighted by atomic mass is 19.3. The van der Waals surface area contributed by atoms with Crippen molar-refractivity contribution < 1.29 is 27.2 Å². The Morgan fingerprint density at radius 1 is 1.00 bits per heavy atom. The fourth-order valence-electron chi connectivity index (χ4n) is 5.95. The molecule has 2 atom stereocenters. The molecule has 2 N–H and O–H groups in total. The van der Waals surface area contributed by atoms with Gasteiger partial charge in [0.2, 0.25) is 12.3 Å². The quantitative estimate of drug-likeness (QED) is 0.200. The van der Waals surface area contributed by atoms with Crippen LogP contribution in [0.4, 0.5) is 23.4 Å². The van der Waals surface area contributed by atoms with Crippen molar-refractivity contribution in [1.29, 1.82) is 0 Å². The van der Waals surface area contributed by atoms with Gasteiger partial charge in [-0.1, -0.05) is 37.1 Å². The number of carbonyl (C=O) groups is 2. The molecule has 2 aliphatic rings. The van der Waals surface area contributed by atoms with Gasteiger partial charge in [0.15, 0.2) is 0 Å². The average molecular weight is 591 g/mol. The number of hydrogen-bond donors (Lipinski definition) is 2. The minimum Gasteiger partial charge on any atom is -0.357 e. The van der Waals surface area contributed by atoms with Gasteiger partial charge in [-0.2, -0.15) is 0 Å². The molecule has 6 rings (SSSR count). The maximum Gasteiger partial charge on any atom is 0.256 e. The number of H-pyrrole nitrogens is 1. The van der Waals surface area contributed by atoms with E-state index in [-0.39, 0.29) is 23.2 Å². The summed E-state index contributed by atoms with van der Waals surface area (Å²) in [5.74, 6) is -2.17. The predicted octanol–water partition coefficient (Wildman–Crippen LogP) is 7.37. The molecule has 43 heavy (non-hydrogen) atoms. The van der Waals surface area contributed by atoms with E-state index >= 15 is 0 Å². The van der Waals surface area contributed by atoms with Crippen LogP contribution in [0.1, 0.15) is 59.1 Å². The number of carbonyl (C=O) groups excluding carboxylic acids is 2. The predicted molar refractivity (Wildman–Crippen MR) is 155 cm³/mol. The SMILES string of the molecule is CN1CC(CC2CC2)c2[nH]c(-c3ccnc(NC(=O)C(CC(F)F)c4ccc(F)cc4)c3)c(-c3ccc(F)cc3)c2C1=O. The molecule has 2 amide bonds. The Morgan fingerprint density at radius 3 is 2.33 bits per heavy atom. The minimum absolute atomic E-state index is 0.102. The van der Waals surface area contributed by atoms with Crippen molar-refractivity contribution in [2.45, 2.75) is 43.9 Å². The summed E-state index contributed by atoms with van der Waals surface area (Å²) >= 11 is 0. The molecule has 10 heteroatoms. The Kier molecular flexibility index (Phi) is 7.77. The van der Waals surface area contributed by atoms with E-state index in [1.165, 1.54) is 43.3 Å². The lowest BCUT2D eigenvalue weighted by Gasteiger charge is -2.30. The van der Waals surface area contributed by atoms with E-state index in [0.29, 0.717) is 40.4 Å². The molecule has 6 nitrogen and oxygen atoms in total. The number of aromatic nitrogens is 2. The summed E-state index contributed by atoms with van der Waals surface area (Å²) in [6, 6.07) is 14.1. The highest BCUT2D eigenvalue weighted by Gasteiger charge is 2.38. The van der Waals surface area contributed by atoms with Crippen molar-refractivity contribution in [3.63, 3.8) is 0 Å². The second-order valence-electron chi connectivity index (χ2n) is 11.4. The summed E-state index contributed by atoms with van der Waals surface area (Å²) < 4.78 is 54.2. The molecule has 1 fully saturated rings. The molecule has 222 valence electrons. The maximum atomic E-state index is 13.9. The van der Waals surface area contributed by atoms with Crippen LogP contribution < -0.4 is 5.32 Å². The lowest BCUT2D eigenvalue weighted by molar-refractivity contribution is -0.118. The normalized spacial score (nSPS) is 17.2. The highest BCUT2D eigenvalue weighted by molar-refractivity contribution is 6.07. The van der Waals surface area contributed by atoms with E-state index in [4.69, 9.17) is 0 Å². The van der Waals surface area contributed by atoms with Gasteiger partial charge in [-0.3, -0.25) is 9.59 Å². The molecule has 2 aromatic carbocycles. The standard InChI is InChI=1S/C33H30F4N4O2/c1-41-17-22(14-18-2-3-18)31-29(33(41)43)28(20-6-10-24(35)11-7-20)30(40-31)21-12-13-38-27(15-21)39-32(42)25(16-26(36)37)19-4-8-23(34)9-5-19/h4-13,15,18,22,25-26,40H,2-3,14,16-17H2,1H3,(H,38,39,42). The number of fused-ring (bicyclic) bond motifs is 1. The molecule has 2 aromatic heterocycles. The van der Waals surface area contributed by atoms with Gasteiger partial charge in [-0.05, 0) is 59.9 Å². The molecule has 0 saturated heterocycles. The van der Waals surface area contributed by atoms with Crippen molar-refractivity contribution in [1.82, 2.24) is 14.9 Å². The number of nitrogens with one attached hydrogen (secondary N) is 2. The van der Waals surface area contributed by atoms with E-state index in [2.05, 4.69) is 15.3 Å². The van der Waals surface area contributed by atoms with Gasteiger partial charge in [0, 0.05) is 48.9 Å². The zero-order valence-electron chi connectivity index (χ0n) is 23.4. The Labute approximate surface area is 246 Å². The van der Waals surface area contributed by atoms with Crippen LogP contribution in [0.5, 0.6) is 0 Å². The number of benzene rings is 2. The smallest absolute Gasteiger partial charge is 0.256 e. The first-order valence-electron chi connectivity index (χ1n) is 14.3. The van der Waals surface area contributed by atoms with Crippen LogP contribution in [-0.2, 0) is 4.79 Å². The molecule has 3 heterocycles. The molecule has 1 aliphatic heterocycles. The molecular formula is C33H30F4N4O2. The number of pyridine rings is 1. The second-order valence-corrected chi connectivity index (χ2v) is 11.4. The second kappa shape index (κ2) is 11.7. The summed E-state index contributed by atoms with van der Waals surface area (Å²) in [6.45, 7) is 0.581. The summed E-state index contributed by atoms with van der Waals surface area (Å²) in [5.41, 5.74) is 4.12. The first-order valence-corrected chi connectivity index (χ1v) is 14.3. The van der Waals surface area contributed by atoms with Gasteiger partial charge in [0.05, 0.1) is 17.2 Å². The largest absolute Gasteiger partial charge is 0.357 e. The van der Waals surface area contributed by atoms with Crippen molar-refractivity contribution >= 4 is 17.6 Å². The zero-order chi connectivity index (χ0) is 30.2. The number of rotatable bonds is 9. The number of anilines is 1. The van der Waals surface area contributed by atoms with Crippen LogP contribution in [0.3, 0.4) is 0 Å². The third-order valence-electron chi connectivity index (χ3n) is 8.24. The molecule has 0 bridgehead atoms. The summed E-state index contributed by atoms with van der Waals surface area (Å²) in [7, 11) is 1.78. The first kappa shape index (κ1) is 28.6. The van der Waals surface area contributed by atoms with E-state index in [0.717, 1.165) is 24.2 Å². The Morgan fingerprint density at radius 2 is 1.67 bits per heavy atom. The summed E-state index contributed by atoms with van der Waals surface area (Å²) in [6.07, 6.45) is 1.25. The molecular weight excluding hydrogens is 560 g/mol. The molecule has 0 spiro atoms. The van der Waals surface area contributed by atoms with Crippen LogP contribution >= 0.6 is 0 Å². The Bertz CT molecular complexity index is 1650. The third-order valence-corrected chi connectivity index (χ3v) is 8.24. The molecule has 0 radical (unpaired) electrons. The number of hydrogen-bond acceptors (Lipinski definition) is 3. The van der Waals surface area contributed by atoms with Gasteiger partial charge in [-0.15, -0.1) is 0 Å². The summed E-state index contributed by atoms with van der Waals surface area (Å²) in [4.78, 5) is 36.3. The highest BCUT2D eigenvalue weighted by Crippen LogP contribution is 2.46. The van der Waals surface area contributed by atoms with Gasteiger partial charge in [0.25, 0.3) is 5.91 Å². The van der Waals surface area contributed by atoms with Gasteiger partial charge >= 0.3 is 0 Å². The van der Waals surface area contributed by atoms with Gasteiger partial charge in [-0.25, -0.2) is 22.5 Å². The average Bonchev–Trinajstić information content (AvgIpc) is 3.71. The van der Waals surface area contributed by atoms with Crippen molar-refractivity contribution in [2.24, 2.45) is 5.92 Å². The zero-order valence-corrected chi connectivity index (χ0v) is 23.4. The fourth-order valence-corrected chi connectivity index (χ4v) is 5.95. The maximum absolute atomic E-state index is 13.9. The van der Waals surface area contributed by atoms with Crippen molar-refractivity contribution in [3.05, 3.63) is 95.3 Å². The summed E-state index contributed by atoms with van der Waals surface area (Å²) in [5, 5.41) is 2.64. The fraction of sp³-hybridized carbons (Fsp3) is 0.303. The van der Waals surface area contributed by atoms with E-state index in [1.807, 2.05) is 0 Å². The number of alkyl halides is 2. The lowest BCUT2D eigenvalue weighted by Crippen LogP contribution is -2.37. The van der Waals surface area contributed by atoms with Crippen LogP contribution in [0.15, 0.2) is 66.9 Å². The molecule has 1 aliphatic carbocycles. The van der Waals surface area contributed by atoms with E-state index < -0.39 is 36.3 Å². The number of aromatic amines is 1. The van der Waals surface area contributed by atoms with Crippen molar-refractivity contribution in [3.8, 4) is 22.4 Å². The van der Waals surface area contributed by atoms with Crippen LogP contribution in [-0.4, -0.2) is 46.7 Å². The Hall–Kier alpha value is -4.47. The van der Waals surface area contributed by atoms with Gasteiger partial charge < -0.3 is 15.2 Å². The van der Waals surface area contributed by atoms with Crippen LogP contribution in [0.25, 0.3) is 22.4 Å². The monoisotopic (exact) mass is 590 g/mol. The lowest BCUT2D eigenvalue weighted by atomic mass is 9.88. The number of nitrogens with zero attached hydrogens (tertiary/aromatic N) is 2. The van der Waals surface area contributed by atoms with Crippen molar-refractivity contribution in [2.75, 3.05) is 18.9 Å². The van der Waals surface area contributed by atoms with Crippen LogP contribution in [0, 0.1) is 17.6 Å². The Balaban J connectivity index is 1.39. The first-order chi connectivity index (χ1) is 20.7. The number of amides is 2. The van der Waals surface area contributed by atoms with Crippen LogP contribution in [0.2, 0.25) is 0 Å². The van der Waals surface area contributed by atoms with E-state index in [1.54, 1.807) is 36.2 Å². The molecule has 2 unspecified atom stereocenters. The number of halogens is 4.